The minimum atomic E-state index is -1.56. The van der Waals surface area contributed by atoms with E-state index in [-0.39, 0.29) is 11.1 Å². The smallest absolute Gasteiger partial charge is 0.187 e. The lowest BCUT2D eigenvalue weighted by atomic mass is 9.65. The fourth-order valence-electron chi connectivity index (χ4n) is 3.94. The third kappa shape index (κ3) is 3.30. The molecule has 4 aromatic carbocycles. The first kappa shape index (κ1) is 20.5. The van der Waals surface area contributed by atoms with E-state index in [9.17, 15) is 27.8 Å². The monoisotopic (exact) mass is 424 g/mol. The third-order valence-corrected chi connectivity index (χ3v) is 5.31. The second-order valence-electron chi connectivity index (χ2n) is 7.06. The van der Waals surface area contributed by atoms with Crippen molar-refractivity contribution in [3.05, 3.63) is 130 Å². The highest BCUT2D eigenvalue weighted by Gasteiger charge is 2.40. The van der Waals surface area contributed by atoms with Gasteiger partial charge in [0, 0.05) is 0 Å². The zero-order valence-electron chi connectivity index (χ0n) is 16.0. The van der Waals surface area contributed by atoms with Crippen molar-refractivity contribution in [3.63, 3.8) is 0 Å². The second kappa shape index (κ2) is 7.80. The molecule has 156 valence electrons. The Bertz CT molecular complexity index is 1100. The highest BCUT2D eigenvalue weighted by Crippen LogP contribution is 2.47. The van der Waals surface area contributed by atoms with Gasteiger partial charge in [0.05, 0.1) is 5.41 Å². The van der Waals surface area contributed by atoms with Crippen LogP contribution in [0.3, 0.4) is 0 Å². The molecule has 0 unspecified atom stereocenters. The average molecular weight is 424 g/mol. The molecule has 0 saturated heterocycles. The molecule has 0 fully saturated rings. The Kier molecular flexibility index (Phi) is 5.15. The van der Waals surface area contributed by atoms with E-state index < -0.39 is 40.2 Å². The molecule has 31 heavy (non-hydrogen) atoms. The fraction of sp³-hybridized carbons (Fsp3) is 0.0400. The number of rotatable bonds is 4. The lowest BCUT2D eigenvalue weighted by Gasteiger charge is -2.37. The summed E-state index contributed by atoms with van der Waals surface area (Å²) in [5.41, 5.74) is -0.623. The number of hydrogen-bond acceptors (Lipinski definition) is 2. The minimum absolute atomic E-state index is 0.00203. The van der Waals surface area contributed by atoms with Crippen LogP contribution < -0.4 is 0 Å². The molecule has 0 atom stereocenters. The predicted octanol–water partition coefficient (Wildman–Crippen LogP) is 6.04. The van der Waals surface area contributed by atoms with Crippen LogP contribution in [0.4, 0.5) is 17.6 Å². The first-order chi connectivity index (χ1) is 14.9. The summed E-state index contributed by atoms with van der Waals surface area (Å²) in [6.45, 7) is 0. The minimum Gasteiger partial charge on any atom is -0.503 e. The van der Waals surface area contributed by atoms with Crippen LogP contribution in [-0.4, -0.2) is 10.2 Å². The zero-order valence-corrected chi connectivity index (χ0v) is 16.0. The SMILES string of the molecule is Oc1c(F)cc(C(c2ccccc2)(c2ccccc2)c2cc(F)c(O)c(F)c2)cc1F. The Balaban J connectivity index is 2.21. The maximum Gasteiger partial charge on any atom is 0.187 e. The molecular weight excluding hydrogens is 408 g/mol. The average Bonchev–Trinajstić information content (AvgIpc) is 2.77. The summed E-state index contributed by atoms with van der Waals surface area (Å²) in [6.07, 6.45) is 0. The van der Waals surface area contributed by atoms with Crippen molar-refractivity contribution in [2.45, 2.75) is 5.41 Å². The summed E-state index contributed by atoms with van der Waals surface area (Å²) in [5, 5.41) is 19.3. The first-order valence-corrected chi connectivity index (χ1v) is 9.33. The highest BCUT2D eigenvalue weighted by molar-refractivity contribution is 5.61. The van der Waals surface area contributed by atoms with Gasteiger partial charge in [0.2, 0.25) is 0 Å². The zero-order chi connectivity index (χ0) is 22.2. The van der Waals surface area contributed by atoms with E-state index in [2.05, 4.69) is 0 Å². The van der Waals surface area contributed by atoms with Gasteiger partial charge in [0.1, 0.15) is 0 Å². The van der Waals surface area contributed by atoms with Gasteiger partial charge in [-0.05, 0) is 46.5 Å². The summed E-state index contributed by atoms with van der Waals surface area (Å²) in [4.78, 5) is 0. The molecule has 2 N–H and O–H groups in total. The van der Waals surface area contributed by atoms with E-state index in [0.29, 0.717) is 11.1 Å². The number of halogens is 4. The molecule has 0 heterocycles. The van der Waals surface area contributed by atoms with Crippen molar-refractivity contribution in [2.24, 2.45) is 0 Å². The van der Waals surface area contributed by atoms with E-state index in [1.165, 1.54) is 0 Å². The van der Waals surface area contributed by atoms with Gasteiger partial charge < -0.3 is 10.2 Å². The Morgan fingerprint density at radius 1 is 0.452 bits per heavy atom. The quantitative estimate of drug-likeness (QED) is 0.310. The number of hydrogen-bond donors (Lipinski definition) is 2. The molecule has 0 aliphatic carbocycles. The van der Waals surface area contributed by atoms with E-state index in [1.54, 1.807) is 60.7 Å². The highest BCUT2D eigenvalue weighted by atomic mass is 19.1. The van der Waals surface area contributed by atoms with Crippen molar-refractivity contribution in [1.29, 1.82) is 0 Å². The van der Waals surface area contributed by atoms with Gasteiger partial charge in [0.25, 0.3) is 0 Å². The molecule has 6 heteroatoms. The lowest BCUT2D eigenvalue weighted by molar-refractivity contribution is 0.392. The van der Waals surface area contributed by atoms with Gasteiger partial charge in [-0.2, -0.15) is 0 Å². The number of phenolic OH excluding ortho intramolecular Hbond substituents is 2. The normalized spacial score (nSPS) is 11.5. The third-order valence-electron chi connectivity index (χ3n) is 5.31. The van der Waals surface area contributed by atoms with E-state index in [0.717, 1.165) is 24.3 Å². The van der Waals surface area contributed by atoms with Crippen LogP contribution in [0.25, 0.3) is 0 Å². The molecule has 0 saturated carbocycles. The van der Waals surface area contributed by atoms with Gasteiger partial charge in [-0.1, -0.05) is 60.7 Å². The van der Waals surface area contributed by atoms with Crippen molar-refractivity contribution in [3.8, 4) is 11.5 Å². The molecule has 0 aliphatic rings. The van der Waals surface area contributed by atoms with Crippen molar-refractivity contribution < 1.29 is 27.8 Å². The lowest BCUT2D eigenvalue weighted by Crippen LogP contribution is -2.31. The summed E-state index contributed by atoms with van der Waals surface area (Å²) >= 11 is 0. The van der Waals surface area contributed by atoms with Crippen molar-refractivity contribution in [2.75, 3.05) is 0 Å². The number of phenols is 2. The maximum absolute atomic E-state index is 14.5. The van der Waals surface area contributed by atoms with Crippen LogP contribution >= 0.6 is 0 Å². The summed E-state index contributed by atoms with van der Waals surface area (Å²) in [7, 11) is 0. The maximum atomic E-state index is 14.5. The summed E-state index contributed by atoms with van der Waals surface area (Å²) in [5.74, 6) is -7.17. The van der Waals surface area contributed by atoms with Crippen LogP contribution in [0.2, 0.25) is 0 Å². The molecule has 4 rings (SSSR count). The number of benzene rings is 4. The molecule has 4 aromatic rings. The molecular formula is C25H16F4O2. The van der Waals surface area contributed by atoms with Crippen LogP contribution in [0, 0.1) is 23.3 Å². The molecule has 0 spiro atoms. The Morgan fingerprint density at radius 2 is 0.742 bits per heavy atom. The van der Waals surface area contributed by atoms with E-state index in [1.807, 2.05) is 0 Å². The van der Waals surface area contributed by atoms with Crippen LogP contribution in [0.1, 0.15) is 22.3 Å². The molecule has 0 bridgehead atoms. The molecule has 0 amide bonds. The Hall–Kier alpha value is -3.80. The van der Waals surface area contributed by atoms with Crippen molar-refractivity contribution in [1.82, 2.24) is 0 Å². The Morgan fingerprint density at radius 3 is 1.03 bits per heavy atom. The first-order valence-electron chi connectivity index (χ1n) is 9.33. The van der Waals surface area contributed by atoms with Crippen LogP contribution in [0.15, 0.2) is 84.9 Å². The number of aromatic hydroxyl groups is 2. The van der Waals surface area contributed by atoms with Gasteiger partial charge in [-0.3, -0.25) is 0 Å². The van der Waals surface area contributed by atoms with E-state index in [4.69, 9.17) is 0 Å². The summed E-state index contributed by atoms with van der Waals surface area (Å²) < 4.78 is 57.8. The van der Waals surface area contributed by atoms with Gasteiger partial charge in [-0.25, -0.2) is 17.6 Å². The van der Waals surface area contributed by atoms with Gasteiger partial charge in [0.15, 0.2) is 34.8 Å². The van der Waals surface area contributed by atoms with E-state index >= 15 is 0 Å². The largest absolute Gasteiger partial charge is 0.503 e. The predicted molar refractivity (Wildman–Crippen MR) is 108 cm³/mol. The van der Waals surface area contributed by atoms with Crippen LogP contribution in [-0.2, 0) is 5.41 Å². The topological polar surface area (TPSA) is 40.5 Å². The summed E-state index contributed by atoms with van der Waals surface area (Å²) in [6, 6.07) is 20.6. The second-order valence-corrected chi connectivity index (χ2v) is 7.06. The van der Waals surface area contributed by atoms with Crippen molar-refractivity contribution >= 4 is 0 Å². The molecule has 0 aromatic heterocycles. The van der Waals surface area contributed by atoms with Gasteiger partial charge >= 0.3 is 0 Å². The Labute approximate surface area is 175 Å². The molecule has 2 nitrogen and oxygen atoms in total. The standard InChI is InChI=1S/C25H16F4O2/c26-19-11-17(12-20(27)23(19)30)25(15-7-3-1-4-8-15,16-9-5-2-6-10-16)18-13-21(28)24(31)22(29)14-18/h1-14,30-31H. The van der Waals surface area contributed by atoms with Crippen LogP contribution in [0.5, 0.6) is 11.5 Å². The fourth-order valence-corrected chi connectivity index (χ4v) is 3.94. The molecule has 0 radical (unpaired) electrons. The van der Waals surface area contributed by atoms with Gasteiger partial charge in [-0.15, -0.1) is 0 Å². The molecule has 0 aliphatic heterocycles.